The van der Waals surface area contributed by atoms with Crippen molar-refractivity contribution < 1.29 is 9.53 Å². The number of para-hydroxylation sites is 1. The molecule has 1 unspecified atom stereocenters. The van der Waals surface area contributed by atoms with Gasteiger partial charge in [0, 0.05) is 41.6 Å². The van der Waals surface area contributed by atoms with Crippen LogP contribution in [0.5, 0.6) is 5.75 Å². The number of hydrogen-bond acceptors (Lipinski definition) is 7. The van der Waals surface area contributed by atoms with Crippen LogP contribution in [0.25, 0.3) is 27.9 Å². The van der Waals surface area contributed by atoms with E-state index < -0.39 is 6.04 Å². The second-order valence-electron chi connectivity index (χ2n) is 7.91. The molecule has 10 heteroatoms. The molecule has 0 saturated carbocycles. The fraction of sp³-hybridized carbons (Fsp3) is 0.304. The third kappa shape index (κ3) is 4.11. The maximum absolute atomic E-state index is 13.0. The highest BCUT2D eigenvalue weighted by Crippen LogP contribution is 2.29. The Kier molecular flexibility index (Phi) is 5.86. The minimum Gasteiger partial charge on any atom is -0.497 e. The molecule has 9 nitrogen and oxygen atoms in total. The Labute approximate surface area is 199 Å². The molecule has 4 aromatic rings. The predicted molar refractivity (Wildman–Crippen MR) is 131 cm³/mol. The molecule has 0 aliphatic carbocycles. The van der Waals surface area contributed by atoms with Crippen LogP contribution in [0.4, 0.5) is 5.95 Å². The van der Waals surface area contributed by atoms with Gasteiger partial charge in [0.25, 0.3) is 0 Å². The molecule has 170 valence electrons. The summed E-state index contributed by atoms with van der Waals surface area (Å²) >= 11 is 3.60. The summed E-state index contributed by atoms with van der Waals surface area (Å²) < 4.78 is 7.78. The lowest BCUT2D eigenvalue weighted by Crippen LogP contribution is -2.50. The molecular weight excluding hydrogens is 486 g/mol. The molecule has 5 rings (SSSR count). The van der Waals surface area contributed by atoms with Crippen molar-refractivity contribution in [1.82, 2.24) is 29.8 Å². The molecule has 1 saturated heterocycles. The summed E-state index contributed by atoms with van der Waals surface area (Å²) in [5.41, 5.74) is 2.28. The van der Waals surface area contributed by atoms with Crippen LogP contribution in [0.3, 0.4) is 0 Å². The number of aromatic nitrogens is 4. The van der Waals surface area contributed by atoms with Crippen molar-refractivity contribution in [3.05, 3.63) is 46.9 Å². The maximum atomic E-state index is 13.0. The van der Waals surface area contributed by atoms with Crippen LogP contribution in [0.15, 0.2) is 46.9 Å². The largest absolute Gasteiger partial charge is 0.497 e. The second-order valence-corrected chi connectivity index (χ2v) is 8.77. The van der Waals surface area contributed by atoms with E-state index in [0.717, 1.165) is 39.8 Å². The first-order chi connectivity index (χ1) is 16.0. The van der Waals surface area contributed by atoms with Crippen LogP contribution in [0.2, 0.25) is 0 Å². The first-order valence-electron chi connectivity index (χ1n) is 10.8. The quantitative estimate of drug-likeness (QED) is 0.426. The number of piperazine rings is 1. The average molecular weight is 510 g/mol. The molecule has 0 radical (unpaired) electrons. The summed E-state index contributed by atoms with van der Waals surface area (Å²) in [5, 5.41) is 12.2. The molecule has 0 bridgehead atoms. The lowest BCUT2D eigenvalue weighted by atomic mass is 10.2. The summed E-state index contributed by atoms with van der Waals surface area (Å²) in [6.45, 7) is 4.85. The van der Waals surface area contributed by atoms with Crippen LogP contribution >= 0.6 is 15.9 Å². The number of ether oxygens (including phenoxy) is 1. The Bertz CT molecular complexity index is 1320. The van der Waals surface area contributed by atoms with E-state index in [4.69, 9.17) is 19.8 Å². The Morgan fingerprint density at radius 2 is 1.91 bits per heavy atom. The normalized spacial score (nSPS) is 15.1. The number of carbonyl (C=O) groups is 1. The number of nitrogens with one attached hydrogen (secondary N) is 2. The third-order valence-corrected chi connectivity index (χ3v) is 6.39. The van der Waals surface area contributed by atoms with E-state index in [2.05, 4.69) is 26.6 Å². The zero-order valence-electron chi connectivity index (χ0n) is 18.4. The Morgan fingerprint density at radius 1 is 1.15 bits per heavy atom. The van der Waals surface area contributed by atoms with E-state index in [0.29, 0.717) is 30.5 Å². The number of hydrogen-bond donors (Lipinski definition) is 2. The fourth-order valence-electron chi connectivity index (χ4n) is 3.97. The van der Waals surface area contributed by atoms with E-state index in [1.165, 1.54) is 0 Å². The van der Waals surface area contributed by atoms with Gasteiger partial charge in [-0.2, -0.15) is 4.52 Å². The fourth-order valence-corrected chi connectivity index (χ4v) is 4.42. The number of nitrogens with zero attached hydrogens (tertiary/aromatic N) is 5. The van der Waals surface area contributed by atoms with Gasteiger partial charge < -0.3 is 20.3 Å². The molecule has 1 fully saturated rings. The molecular formula is C23H24BrN7O2. The zero-order valence-corrected chi connectivity index (χ0v) is 20.0. The molecule has 1 aliphatic rings. The van der Waals surface area contributed by atoms with E-state index in [1.807, 2.05) is 54.3 Å². The van der Waals surface area contributed by atoms with Gasteiger partial charge in [0.15, 0.2) is 11.5 Å². The minimum atomic E-state index is -0.465. The van der Waals surface area contributed by atoms with Gasteiger partial charge in [0.2, 0.25) is 11.9 Å². The summed E-state index contributed by atoms with van der Waals surface area (Å²) in [5.74, 6) is 1.83. The summed E-state index contributed by atoms with van der Waals surface area (Å²) in [6, 6.07) is 13.0. The lowest BCUT2D eigenvalue weighted by molar-refractivity contribution is -0.132. The number of methoxy groups -OCH3 is 1. The van der Waals surface area contributed by atoms with Crippen molar-refractivity contribution in [3.8, 4) is 17.1 Å². The van der Waals surface area contributed by atoms with Gasteiger partial charge in [-0.25, -0.2) is 9.97 Å². The number of anilines is 1. The molecule has 2 aromatic heterocycles. The van der Waals surface area contributed by atoms with Crippen molar-refractivity contribution in [1.29, 1.82) is 0 Å². The number of amides is 1. The molecule has 1 amide bonds. The molecule has 2 aromatic carbocycles. The topological polar surface area (TPSA) is 96.7 Å². The summed E-state index contributed by atoms with van der Waals surface area (Å²) in [6.07, 6.45) is 0. The number of halogens is 1. The lowest BCUT2D eigenvalue weighted by Gasteiger charge is -2.30. The van der Waals surface area contributed by atoms with Crippen LogP contribution < -0.4 is 15.4 Å². The van der Waals surface area contributed by atoms with E-state index in [-0.39, 0.29) is 5.91 Å². The Morgan fingerprint density at radius 3 is 2.64 bits per heavy atom. The smallest absolute Gasteiger partial charge is 0.244 e. The first kappa shape index (κ1) is 21.6. The van der Waals surface area contributed by atoms with Crippen molar-refractivity contribution in [2.24, 2.45) is 0 Å². The molecule has 33 heavy (non-hydrogen) atoms. The van der Waals surface area contributed by atoms with Crippen molar-refractivity contribution in [2.75, 3.05) is 38.6 Å². The molecule has 1 aliphatic heterocycles. The van der Waals surface area contributed by atoms with Crippen molar-refractivity contribution in [3.63, 3.8) is 0 Å². The highest BCUT2D eigenvalue weighted by Gasteiger charge is 2.24. The van der Waals surface area contributed by atoms with Crippen LogP contribution in [-0.4, -0.2) is 69.7 Å². The van der Waals surface area contributed by atoms with Crippen molar-refractivity contribution in [2.45, 2.75) is 13.0 Å². The molecule has 2 N–H and O–H groups in total. The third-order valence-electron chi connectivity index (χ3n) is 5.75. The van der Waals surface area contributed by atoms with E-state index in [1.54, 1.807) is 11.6 Å². The van der Waals surface area contributed by atoms with Crippen LogP contribution in [0, 0.1) is 0 Å². The van der Waals surface area contributed by atoms with E-state index >= 15 is 0 Å². The van der Waals surface area contributed by atoms with Gasteiger partial charge in [0.05, 0.1) is 12.6 Å². The molecule has 3 heterocycles. The number of carbonyl (C=O) groups excluding carboxylic acids is 1. The minimum absolute atomic E-state index is 0.0363. The Balaban J connectivity index is 1.58. The number of rotatable bonds is 5. The van der Waals surface area contributed by atoms with Crippen LogP contribution in [0.1, 0.15) is 6.92 Å². The van der Waals surface area contributed by atoms with Gasteiger partial charge in [0.1, 0.15) is 11.8 Å². The number of benzene rings is 2. The van der Waals surface area contributed by atoms with Crippen molar-refractivity contribution >= 4 is 44.3 Å². The predicted octanol–water partition coefficient (Wildman–Crippen LogP) is 2.95. The summed E-state index contributed by atoms with van der Waals surface area (Å²) in [4.78, 5) is 24.5. The highest BCUT2D eigenvalue weighted by atomic mass is 79.9. The van der Waals surface area contributed by atoms with Crippen LogP contribution in [-0.2, 0) is 4.79 Å². The van der Waals surface area contributed by atoms with Gasteiger partial charge in [-0.05, 0) is 59.3 Å². The molecule has 1 atom stereocenters. The second kappa shape index (κ2) is 8.95. The first-order valence-corrected chi connectivity index (χ1v) is 11.6. The van der Waals surface area contributed by atoms with Gasteiger partial charge in [-0.3, -0.25) is 4.79 Å². The zero-order chi connectivity index (χ0) is 22.9. The highest BCUT2D eigenvalue weighted by molar-refractivity contribution is 9.10. The van der Waals surface area contributed by atoms with Gasteiger partial charge >= 0.3 is 0 Å². The Hall–Kier alpha value is -3.24. The molecule has 0 spiro atoms. The van der Waals surface area contributed by atoms with Gasteiger partial charge in [-0.15, -0.1) is 5.10 Å². The SMILES string of the molecule is COc1ccc(-c2nc3c4cccc(Br)c4nc(NC(C)C(=O)N4CCNCC4)n3n2)cc1. The summed E-state index contributed by atoms with van der Waals surface area (Å²) in [7, 11) is 1.63. The van der Waals surface area contributed by atoms with Gasteiger partial charge in [-0.1, -0.05) is 6.07 Å². The standard InChI is InChI=1S/C23H24BrN7O2/c1-14(22(32)30-12-10-25-11-13-30)26-23-27-19-17(4-3-5-18(19)24)21-28-20(29-31(21)23)15-6-8-16(33-2)9-7-15/h3-9,14,25H,10-13H2,1-2H3,(H,26,27). The van der Waals surface area contributed by atoms with E-state index in [9.17, 15) is 4.79 Å². The maximum Gasteiger partial charge on any atom is 0.244 e. The average Bonchev–Trinajstić information content (AvgIpc) is 3.31. The monoisotopic (exact) mass is 509 g/mol. The number of fused-ring (bicyclic) bond motifs is 3.